The lowest BCUT2D eigenvalue weighted by atomic mass is 10.1. The second kappa shape index (κ2) is 7.25. The van der Waals surface area contributed by atoms with Crippen molar-refractivity contribution in [3.8, 4) is 0 Å². The number of amides is 1. The molecule has 7 heteroatoms. The Kier molecular flexibility index (Phi) is 5.06. The van der Waals surface area contributed by atoms with Gasteiger partial charge in [0, 0.05) is 0 Å². The zero-order valence-corrected chi connectivity index (χ0v) is 15.3. The number of fused-ring (bicyclic) bond motifs is 1. The standard InChI is InChI=1S/C18H16Cl2N4O/c1-11(13-7-8-14(19)15(20)9-13)22-23-18(25)10-24-12(2)21-16-5-3-4-6-17(16)24/h3-9H,10H2,1-2H3,(H,23,25)/b22-11-. The van der Waals surface area contributed by atoms with E-state index in [2.05, 4.69) is 15.5 Å². The fourth-order valence-corrected chi connectivity index (χ4v) is 2.80. The lowest BCUT2D eigenvalue weighted by Crippen LogP contribution is -2.24. The van der Waals surface area contributed by atoms with Crippen LogP contribution >= 0.6 is 23.2 Å². The number of nitrogens with one attached hydrogen (secondary N) is 1. The minimum absolute atomic E-state index is 0.143. The Morgan fingerprint density at radius 2 is 1.96 bits per heavy atom. The second-order valence-electron chi connectivity index (χ2n) is 5.59. The summed E-state index contributed by atoms with van der Waals surface area (Å²) in [5, 5.41) is 5.06. The monoisotopic (exact) mass is 374 g/mol. The van der Waals surface area contributed by atoms with Gasteiger partial charge in [0.05, 0.1) is 26.8 Å². The lowest BCUT2D eigenvalue weighted by molar-refractivity contribution is -0.121. The van der Waals surface area contributed by atoms with Crippen LogP contribution in [-0.2, 0) is 11.3 Å². The Balaban J connectivity index is 1.73. The Bertz CT molecular complexity index is 978. The van der Waals surface area contributed by atoms with Crippen LogP contribution < -0.4 is 5.43 Å². The summed E-state index contributed by atoms with van der Waals surface area (Å²) in [7, 11) is 0. The van der Waals surface area contributed by atoms with E-state index in [0.29, 0.717) is 15.8 Å². The molecule has 0 fully saturated rings. The maximum absolute atomic E-state index is 12.2. The summed E-state index contributed by atoms with van der Waals surface area (Å²) >= 11 is 11.9. The van der Waals surface area contributed by atoms with E-state index in [9.17, 15) is 4.79 Å². The highest BCUT2D eigenvalue weighted by Crippen LogP contribution is 2.22. The molecular weight excluding hydrogens is 359 g/mol. The van der Waals surface area contributed by atoms with Gasteiger partial charge in [0.2, 0.25) is 0 Å². The summed E-state index contributed by atoms with van der Waals surface area (Å²) in [4.78, 5) is 16.7. The molecule has 2 aromatic carbocycles. The van der Waals surface area contributed by atoms with Crippen molar-refractivity contribution in [2.75, 3.05) is 0 Å². The first-order chi connectivity index (χ1) is 12.0. The molecule has 1 N–H and O–H groups in total. The van der Waals surface area contributed by atoms with Gasteiger partial charge in [0.25, 0.3) is 5.91 Å². The predicted molar refractivity (Wildman–Crippen MR) is 101 cm³/mol. The number of aromatic nitrogens is 2. The molecule has 25 heavy (non-hydrogen) atoms. The summed E-state index contributed by atoms with van der Waals surface area (Å²) in [6.07, 6.45) is 0. The molecule has 1 amide bonds. The molecule has 5 nitrogen and oxygen atoms in total. The first-order valence-electron chi connectivity index (χ1n) is 7.66. The number of carbonyl (C=O) groups excluding carboxylic acids is 1. The third-order valence-electron chi connectivity index (χ3n) is 3.83. The third kappa shape index (κ3) is 3.83. The maximum Gasteiger partial charge on any atom is 0.260 e. The highest BCUT2D eigenvalue weighted by atomic mass is 35.5. The quantitative estimate of drug-likeness (QED) is 0.549. The van der Waals surface area contributed by atoms with E-state index >= 15 is 0 Å². The number of imidazole rings is 1. The zero-order chi connectivity index (χ0) is 18.0. The average Bonchev–Trinajstić information content (AvgIpc) is 2.91. The Morgan fingerprint density at radius 3 is 2.72 bits per heavy atom. The van der Waals surface area contributed by atoms with E-state index in [0.717, 1.165) is 22.4 Å². The van der Waals surface area contributed by atoms with Gasteiger partial charge in [0.15, 0.2) is 0 Å². The molecule has 0 aliphatic rings. The first kappa shape index (κ1) is 17.5. The van der Waals surface area contributed by atoms with Gasteiger partial charge < -0.3 is 4.57 Å². The molecule has 0 atom stereocenters. The van der Waals surface area contributed by atoms with Crippen LogP contribution in [0.4, 0.5) is 0 Å². The number of hydrogen-bond donors (Lipinski definition) is 1. The molecule has 3 aromatic rings. The summed E-state index contributed by atoms with van der Waals surface area (Å²) in [6, 6.07) is 12.9. The number of carbonyl (C=O) groups is 1. The van der Waals surface area contributed by atoms with Crippen LogP contribution in [0.15, 0.2) is 47.6 Å². The van der Waals surface area contributed by atoms with Gasteiger partial charge in [-0.05, 0) is 43.7 Å². The van der Waals surface area contributed by atoms with Crippen molar-refractivity contribution < 1.29 is 4.79 Å². The largest absolute Gasteiger partial charge is 0.319 e. The number of benzene rings is 2. The van der Waals surface area contributed by atoms with Gasteiger partial charge in [-0.3, -0.25) is 4.79 Å². The SMILES string of the molecule is C/C(=N/NC(=O)Cn1c(C)nc2ccccc21)c1ccc(Cl)c(Cl)c1. The Morgan fingerprint density at radius 1 is 1.20 bits per heavy atom. The molecule has 0 aliphatic carbocycles. The summed E-state index contributed by atoms with van der Waals surface area (Å²) in [5.74, 6) is 0.548. The molecule has 0 spiro atoms. The van der Waals surface area contributed by atoms with Gasteiger partial charge in [-0.25, -0.2) is 10.4 Å². The van der Waals surface area contributed by atoms with E-state index in [-0.39, 0.29) is 12.5 Å². The normalized spacial score (nSPS) is 11.8. The first-order valence-corrected chi connectivity index (χ1v) is 8.41. The van der Waals surface area contributed by atoms with Crippen LogP contribution in [0.3, 0.4) is 0 Å². The van der Waals surface area contributed by atoms with E-state index < -0.39 is 0 Å². The van der Waals surface area contributed by atoms with Crippen LogP contribution in [0.25, 0.3) is 11.0 Å². The Hall–Kier alpha value is -2.37. The van der Waals surface area contributed by atoms with Crippen LogP contribution in [0, 0.1) is 6.92 Å². The number of para-hydroxylation sites is 2. The number of hydrazone groups is 1. The number of rotatable bonds is 4. The number of halogens is 2. The maximum atomic E-state index is 12.2. The minimum atomic E-state index is -0.231. The van der Waals surface area contributed by atoms with Gasteiger partial charge >= 0.3 is 0 Å². The number of aryl methyl sites for hydroxylation is 1. The van der Waals surface area contributed by atoms with Crippen molar-refractivity contribution in [2.24, 2.45) is 5.10 Å². The van der Waals surface area contributed by atoms with E-state index in [1.165, 1.54) is 0 Å². The van der Waals surface area contributed by atoms with Crippen molar-refractivity contribution in [3.63, 3.8) is 0 Å². The summed E-state index contributed by atoms with van der Waals surface area (Å²) in [5.41, 5.74) is 5.78. The number of hydrogen-bond acceptors (Lipinski definition) is 3. The molecule has 0 saturated heterocycles. The Labute approximate surface area is 155 Å². The van der Waals surface area contributed by atoms with Crippen LogP contribution in [0.5, 0.6) is 0 Å². The van der Waals surface area contributed by atoms with Gasteiger partial charge in [0.1, 0.15) is 12.4 Å². The van der Waals surface area contributed by atoms with E-state index in [1.54, 1.807) is 25.1 Å². The molecule has 0 saturated carbocycles. The molecular formula is C18H16Cl2N4O. The van der Waals surface area contributed by atoms with Crippen molar-refractivity contribution >= 4 is 45.9 Å². The van der Waals surface area contributed by atoms with Gasteiger partial charge in [-0.2, -0.15) is 5.10 Å². The smallest absolute Gasteiger partial charge is 0.260 e. The van der Waals surface area contributed by atoms with Crippen molar-refractivity contribution in [3.05, 3.63) is 63.9 Å². The topological polar surface area (TPSA) is 59.3 Å². The zero-order valence-electron chi connectivity index (χ0n) is 13.8. The summed E-state index contributed by atoms with van der Waals surface area (Å²) < 4.78 is 1.86. The molecule has 1 aromatic heterocycles. The average molecular weight is 375 g/mol. The van der Waals surface area contributed by atoms with E-state index in [4.69, 9.17) is 23.2 Å². The predicted octanol–water partition coefficient (Wildman–Crippen LogP) is 4.19. The van der Waals surface area contributed by atoms with Crippen LogP contribution in [0.1, 0.15) is 18.3 Å². The third-order valence-corrected chi connectivity index (χ3v) is 4.57. The van der Waals surface area contributed by atoms with E-state index in [1.807, 2.05) is 35.8 Å². The van der Waals surface area contributed by atoms with Gasteiger partial charge in [-0.1, -0.05) is 41.4 Å². The summed E-state index contributed by atoms with van der Waals surface area (Å²) in [6.45, 7) is 3.81. The van der Waals surface area contributed by atoms with Crippen LogP contribution in [0.2, 0.25) is 10.0 Å². The second-order valence-corrected chi connectivity index (χ2v) is 6.41. The molecule has 1 heterocycles. The molecule has 0 aliphatic heterocycles. The highest BCUT2D eigenvalue weighted by molar-refractivity contribution is 6.42. The fraction of sp³-hybridized carbons (Fsp3) is 0.167. The van der Waals surface area contributed by atoms with Crippen molar-refractivity contribution in [2.45, 2.75) is 20.4 Å². The number of nitrogens with zero attached hydrogens (tertiary/aromatic N) is 3. The molecule has 0 bridgehead atoms. The van der Waals surface area contributed by atoms with Gasteiger partial charge in [-0.15, -0.1) is 0 Å². The lowest BCUT2D eigenvalue weighted by Gasteiger charge is -2.07. The van der Waals surface area contributed by atoms with Crippen molar-refractivity contribution in [1.82, 2.24) is 15.0 Å². The highest BCUT2D eigenvalue weighted by Gasteiger charge is 2.10. The molecule has 128 valence electrons. The fourth-order valence-electron chi connectivity index (χ4n) is 2.51. The minimum Gasteiger partial charge on any atom is -0.319 e. The molecule has 3 rings (SSSR count). The molecule has 0 unspecified atom stereocenters. The van der Waals surface area contributed by atoms with Crippen molar-refractivity contribution in [1.29, 1.82) is 0 Å². The van der Waals surface area contributed by atoms with Crippen LogP contribution in [-0.4, -0.2) is 21.2 Å². The molecule has 0 radical (unpaired) electrons.